The van der Waals surface area contributed by atoms with Gasteiger partial charge in [0.2, 0.25) is 5.89 Å². The smallest absolute Gasteiger partial charge is 0.216 e. The number of hydrogen-bond acceptors (Lipinski definition) is 4. The number of aliphatic hydroxyl groups excluding tert-OH is 1. The Labute approximate surface area is 149 Å². The number of aliphatic hydroxyl groups is 1. The zero-order valence-electron chi connectivity index (χ0n) is 13.6. The number of aryl methyl sites for hydroxylation is 2. The van der Waals surface area contributed by atoms with Crippen molar-refractivity contribution < 1.29 is 9.52 Å². The van der Waals surface area contributed by atoms with Crippen LogP contribution in [-0.2, 0) is 6.54 Å². The molecule has 2 rings (SSSR count). The van der Waals surface area contributed by atoms with E-state index in [4.69, 9.17) is 4.42 Å². The highest BCUT2D eigenvalue weighted by Gasteiger charge is 2.24. The van der Waals surface area contributed by atoms with Gasteiger partial charge in [-0.3, -0.25) is 0 Å². The van der Waals surface area contributed by atoms with Crippen molar-refractivity contribution in [3.8, 4) is 0 Å². The summed E-state index contributed by atoms with van der Waals surface area (Å²) in [4.78, 5) is 8.80. The second-order valence-electron chi connectivity index (χ2n) is 5.58. The van der Waals surface area contributed by atoms with Crippen LogP contribution < -0.4 is 10.6 Å². The lowest BCUT2D eigenvalue weighted by molar-refractivity contribution is 0.134. The van der Waals surface area contributed by atoms with Crippen LogP contribution >= 0.6 is 24.0 Å². The number of aliphatic imine (C=N–C) groups is 1. The van der Waals surface area contributed by atoms with E-state index in [2.05, 4.69) is 20.6 Å². The summed E-state index contributed by atoms with van der Waals surface area (Å²) in [5.41, 5.74) is 0.909. The van der Waals surface area contributed by atoms with Gasteiger partial charge in [-0.05, 0) is 33.6 Å². The van der Waals surface area contributed by atoms with Crippen LogP contribution in [0.5, 0.6) is 0 Å². The largest absolute Gasteiger partial charge is 0.444 e. The first-order valence-electron chi connectivity index (χ1n) is 7.73. The fourth-order valence-corrected chi connectivity index (χ4v) is 2.58. The van der Waals surface area contributed by atoms with Crippen LogP contribution in [0.1, 0.15) is 43.5 Å². The second kappa shape index (κ2) is 9.34. The Hall–Kier alpha value is -0.830. The average Bonchev–Trinajstić information content (AvgIpc) is 3.00. The molecule has 2 unspecified atom stereocenters. The predicted molar refractivity (Wildman–Crippen MR) is 97.6 cm³/mol. The molecular weight excluding hydrogens is 395 g/mol. The molecule has 0 bridgehead atoms. The van der Waals surface area contributed by atoms with Crippen molar-refractivity contribution in [1.82, 2.24) is 15.6 Å². The zero-order valence-corrected chi connectivity index (χ0v) is 15.9. The van der Waals surface area contributed by atoms with E-state index in [9.17, 15) is 5.11 Å². The van der Waals surface area contributed by atoms with Crippen LogP contribution in [0.15, 0.2) is 9.41 Å². The molecular formula is C15H27IN4O2. The fourth-order valence-electron chi connectivity index (χ4n) is 2.58. The van der Waals surface area contributed by atoms with E-state index in [0.717, 1.165) is 49.8 Å². The first-order valence-corrected chi connectivity index (χ1v) is 7.73. The maximum Gasteiger partial charge on any atom is 0.216 e. The average molecular weight is 422 g/mol. The van der Waals surface area contributed by atoms with Gasteiger partial charge in [0.05, 0.1) is 11.8 Å². The summed E-state index contributed by atoms with van der Waals surface area (Å²) < 4.78 is 5.52. The Morgan fingerprint density at radius 2 is 2.14 bits per heavy atom. The lowest BCUT2D eigenvalue weighted by Crippen LogP contribution is -2.41. The van der Waals surface area contributed by atoms with Crippen molar-refractivity contribution in [3.05, 3.63) is 17.3 Å². The summed E-state index contributed by atoms with van der Waals surface area (Å²) in [6, 6.07) is 0. The molecule has 3 N–H and O–H groups in total. The summed E-state index contributed by atoms with van der Waals surface area (Å²) in [5, 5.41) is 16.3. The maximum absolute atomic E-state index is 9.85. The number of halogens is 1. The van der Waals surface area contributed by atoms with E-state index in [1.165, 1.54) is 0 Å². The van der Waals surface area contributed by atoms with E-state index in [1.54, 1.807) is 0 Å². The Balaban J connectivity index is 0.00000242. The fraction of sp³-hybridized carbons (Fsp3) is 0.733. The lowest BCUT2D eigenvalue weighted by atomic mass is 10.1. The second-order valence-corrected chi connectivity index (χ2v) is 5.58. The third-order valence-corrected chi connectivity index (χ3v) is 3.94. The number of guanidine groups is 1. The van der Waals surface area contributed by atoms with Crippen molar-refractivity contribution in [3.63, 3.8) is 0 Å². The minimum absolute atomic E-state index is 0. The standard InChI is InChI=1S/C15H26N4O2.HI/c1-4-16-15(17-8-12-6-5-7-13(12)20)18-9-14-19-10(2)11(3)21-14;/h12-13,20H,4-9H2,1-3H3,(H2,16,17,18);1H. The van der Waals surface area contributed by atoms with Gasteiger partial charge in [0.1, 0.15) is 12.3 Å². The van der Waals surface area contributed by atoms with Crippen molar-refractivity contribution in [1.29, 1.82) is 0 Å². The molecule has 1 aliphatic rings. The van der Waals surface area contributed by atoms with Crippen molar-refractivity contribution >= 4 is 29.9 Å². The van der Waals surface area contributed by atoms with Crippen LogP contribution in [0, 0.1) is 19.8 Å². The lowest BCUT2D eigenvalue weighted by Gasteiger charge is -2.17. The van der Waals surface area contributed by atoms with Gasteiger partial charge in [0.25, 0.3) is 0 Å². The minimum Gasteiger partial charge on any atom is -0.444 e. The van der Waals surface area contributed by atoms with E-state index < -0.39 is 0 Å². The first-order chi connectivity index (χ1) is 10.1. The van der Waals surface area contributed by atoms with Crippen LogP contribution in [0.3, 0.4) is 0 Å². The van der Waals surface area contributed by atoms with Crippen LogP contribution in [0.25, 0.3) is 0 Å². The molecule has 1 heterocycles. The van der Waals surface area contributed by atoms with Crippen molar-refractivity contribution in [2.24, 2.45) is 10.9 Å². The molecule has 0 saturated heterocycles. The molecule has 0 aromatic carbocycles. The van der Waals surface area contributed by atoms with Gasteiger partial charge in [0.15, 0.2) is 5.96 Å². The molecule has 1 saturated carbocycles. The summed E-state index contributed by atoms with van der Waals surface area (Å²) in [6.07, 6.45) is 2.91. The molecule has 7 heteroatoms. The summed E-state index contributed by atoms with van der Waals surface area (Å²) in [5.74, 6) is 2.53. The Morgan fingerprint density at radius 3 is 2.68 bits per heavy atom. The molecule has 126 valence electrons. The van der Waals surface area contributed by atoms with Gasteiger partial charge in [-0.2, -0.15) is 0 Å². The number of nitrogens with one attached hydrogen (secondary N) is 2. The minimum atomic E-state index is -0.183. The SMILES string of the molecule is CCNC(=NCc1nc(C)c(C)o1)NCC1CCCC1O.I. The molecule has 0 aliphatic heterocycles. The number of oxazole rings is 1. The van der Waals surface area contributed by atoms with Gasteiger partial charge >= 0.3 is 0 Å². The molecule has 0 spiro atoms. The van der Waals surface area contributed by atoms with Gasteiger partial charge in [0, 0.05) is 19.0 Å². The highest BCUT2D eigenvalue weighted by atomic mass is 127. The summed E-state index contributed by atoms with van der Waals surface area (Å²) in [7, 11) is 0. The first kappa shape index (κ1) is 19.2. The molecule has 1 aliphatic carbocycles. The third-order valence-electron chi connectivity index (χ3n) is 3.94. The molecule has 0 amide bonds. The molecule has 1 aromatic rings. The van der Waals surface area contributed by atoms with Crippen molar-refractivity contribution in [2.75, 3.05) is 13.1 Å². The number of rotatable bonds is 5. The quantitative estimate of drug-likeness (QED) is 0.385. The number of nitrogens with zero attached hydrogens (tertiary/aromatic N) is 2. The maximum atomic E-state index is 9.85. The molecule has 0 radical (unpaired) electrons. The van der Waals surface area contributed by atoms with Gasteiger partial charge < -0.3 is 20.2 Å². The monoisotopic (exact) mass is 422 g/mol. The molecule has 22 heavy (non-hydrogen) atoms. The molecule has 6 nitrogen and oxygen atoms in total. The van der Waals surface area contributed by atoms with E-state index in [0.29, 0.717) is 18.4 Å². The van der Waals surface area contributed by atoms with Gasteiger partial charge in [-0.1, -0.05) is 6.42 Å². The Bertz CT molecular complexity index is 470. The highest BCUT2D eigenvalue weighted by Crippen LogP contribution is 2.24. The van der Waals surface area contributed by atoms with Crippen molar-refractivity contribution in [2.45, 2.75) is 52.7 Å². The van der Waals surface area contributed by atoms with Crippen LogP contribution in [0.4, 0.5) is 0 Å². The summed E-state index contributed by atoms with van der Waals surface area (Å²) in [6.45, 7) is 7.81. The van der Waals surface area contributed by atoms with E-state index in [1.807, 2.05) is 20.8 Å². The van der Waals surface area contributed by atoms with E-state index >= 15 is 0 Å². The van der Waals surface area contributed by atoms with Gasteiger partial charge in [-0.15, -0.1) is 24.0 Å². The van der Waals surface area contributed by atoms with Gasteiger partial charge in [-0.25, -0.2) is 9.98 Å². The molecule has 1 fully saturated rings. The molecule has 2 atom stereocenters. The predicted octanol–water partition coefficient (Wildman–Crippen LogP) is 2.13. The van der Waals surface area contributed by atoms with Crippen LogP contribution in [-0.4, -0.2) is 35.2 Å². The number of aromatic nitrogens is 1. The number of hydrogen-bond donors (Lipinski definition) is 3. The summed E-state index contributed by atoms with van der Waals surface area (Å²) >= 11 is 0. The third kappa shape index (κ3) is 5.42. The highest BCUT2D eigenvalue weighted by molar-refractivity contribution is 14.0. The topological polar surface area (TPSA) is 82.7 Å². The Morgan fingerprint density at radius 1 is 1.36 bits per heavy atom. The normalized spacial score (nSPS) is 21.5. The molecule has 1 aromatic heterocycles. The van der Waals surface area contributed by atoms with E-state index in [-0.39, 0.29) is 30.1 Å². The van der Waals surface area contributed by atoms with Crippen LogP contribution in [0.2, 0.25) is 0 Å². The Kier molecular flexibility index (Phi) is 8.16. The zero-order chi connectivity index (χ0) is 15.2.